The molecule has 3 rings (SSSR count). The highest BCUT2D eigenvalue weighted by molar-refractivity contribution is 5.43. The van der Waals surface area contributed by atoms with Gasteiger partial charge in [-0.3, -0.25) is 0 Å². The van der Waals surface area contributed by atoms with Gasteiger partial charge >= 0.3 is 0 Å². The summed E-state index contributed by atoms with van der Waals surface area (Å²) in [5.74, 6) is 1.63. The van der Waals surface area contributed by atoms with E-state index < -0.39 is 0 Å². The van der Waals surface area contributed by atoms with Gasteiger partial charge in [0.1, 0.15) is 11.5 Å². The molecule has 0 fully saturated rings. The first-order chi connectivity index (χ1) is 12.7. The number of hydrogen-bond donors (Lipinski definition) is 2. The maximum atomic E-state index is 5.58. The van der Waals surface area contributed by atoms with Crippen LogP contribution in [0.4, 0.5) is 11.4 Å². The fourth-order valence-corrected chi connectivity index (χ4v) is 2.42. The molecule has 0 saturated carbocycles. The van der Waals surface area contributed by atoms with Gasteiger partial charge in [0.15, 0.2) is 0 Å². The van der Waals surface area contributed by atoms with Crippen LogP contribution in [-0.2, 0) is 6.42 Å². The molecule has 3 aromatic carbocycles. The summed E-state index contributed by atoms with van der Waals surface area (Å²) < 4.78 is 5.58. The molecule has 0 heterocycles. The van der Waals surface area contributed by atoms with E-state index in [-0.39, 0.29) is 0 Å². The molecule has 0 bridgehead atoms. The van der Waals surface area contributed by atoms with Crippen molar-refractivity contribution < 1.29 is 4.74 Å². The molecule has 26 heavy (non-hydrogen) atoms. The van der Waals surface area contributed by atoms with Gasteiger partial charge in [0.25, 0.3) is 0 Å². The topological polar surface area (TPSA) is 61.3 Å². The van der Waals surface area contributed by atoms with Crippen molar-refractivity contribution in [2.24, 2.45) is 0 Å². The lowest BCUT2D eigenvalue weighted by atomic mass is 10.1. The molecule has 0 aliphatic heterocycles. The molecule has 3 heteroatoms. The van der Waals surface area contributed by atoms with Crippen LogP contribution in [0.3, 0.4) is 0 Å². The van der Waals surface area contributed by atoms with E-state index in [1.807, 2.05) is 66.7 Å². The molecular weight excluding hydrogens is 320 g/mol. The Morgan fingerprint density at radius 2 is 1.19 bits per heavy atom. The summed E-state index contributed by atoms with van der Waals surface area (Å²) in [5.41, 5.74) is 14.1. The van der Waals surface area contributed by atoms with Gasteiger partial charge in [-0.15, -0.1) is 0 Å². The number of aryl methyl sites for hydroxylation is 1. The average Bonchev–Trinajstić information content (AvgIpc) is 2.67. The van der Waals surface area contributed by atoms with Crippen LogP contribution < -0.4 is 16.2 Å². The fourth-order valence-electron chi connectivity index (χ4n) is 2.42. The quantitative estimate of drug-likeness (QED) is 0.420. The van der Waals surface area contributed by atoms with Crippen LogP contribution in [0.5, 0.6) is 11.5 Å². The van der Waals surface area contributed by atoms with Crippen molar-refractivity contribution in [1.29, 1.82) is 0 Å². The van der Waals surface area contributed by atoms with Crippen LogP contribution in [0.25, 0.3) is 0 Å². The lowest BCUT2D eigenvalue weighted by Crippen LogP contribution is -1.87. The molecule has 0 aliphatic carbocycles. The molecule has 3 nitrogen and oxygen atoms in total. The van der Waals surface area contributed by atoms with Gasteiger partial charge in [0, 0.05) is 11.4 Å². The van der Waals surface area contributed by atoms with E-state index in [1.165, 1.54) is 31.2 Å². The van der Waals surface area contributed by atoms with Crippen molar-refractivity contribution in [3.8, 4) is 11.5 Å². The smallest absolute Gasteiger partial charge is 0.127 e. The van der Waals surface area contributed by atoms with Crippen molar-refractivity contribution in [3.63, 3.8) is 0 Å². The maximum absolute atomic E-state index is 5.58. The lowest BCUT2D eigenvalue weighted by molar-refractivity contribution is 0.483. The number of ether oxygens (including phenoxy) is 1. The third-order valence-electron chi connectivity index (χ3n) is 3.91. The molecule has 136 valence electrons. The normalized spacial score (nSPS) is 9.88. The SMILES string of the molecule is CCCCCc1ccc(N)cc1.Nc1ccc(Oc2ccccc2)cc1. The van der Waals surface area contributed by atoms with Crippen molar-refractivity contribution in [2.45, 2.75) is 32.6 Å². The molecule has 4 N–H and O–H groups in total. The van der Waals surface area contributed by atoms with Crippen molar-refractivity contribution in [3.05, 3.63) is 84.4 Å². The largest absolute Gasteiger partial charge is 0.457 e. The molecular formula is C23H28N2O. The molecule has 0 radical (unpaired) electrons. The Morgan fingerprint density at radius 1 is 0.654 bits per heavy atom. The van der Waals surface area contributed by atoms with E-state index in [0.29, 0.717) is 0 Å². The minimum Gasteiger partial charge on any atom is -0.457 e. The summed E-state index contributed by atoms with van der Waals surface area (Å²) in [6.07, 6.45) is 5.09. The minimum absolute atomic E-state index is 0.741. The van der Waals surface area contributed by atoms with Gasteiger partial charge in [-0.2, -0.15) is 0 Å². The number of hydrogen-bond acceptors (Lipinski definition) is 3. The minimum atomic E-state index is 0.741. The Kier molecular flexibility index (Phi) is 8.07. The number of nitrogen functional groups attached to an aromatic ring is 2. The molecule has 0 amide bonds. The third kappa shape index (κ3) is 7.31. The predicted octanol–water partition coefficient (Wildman–Crippen LogP) is 6.06. The van der Waals surface area contributed by atoms with E-state index in [9.17, 15) is 0 Å². The Hall–Kier alpha value is -2.94. The maximum Gasteiger partial charge on any atom is 0.127 e. The van der Waals surface area contributed by atoms with Crippen LogP contribution in [0.1, 0.15) is 31.7 Å². The van der Waals surface area contributed by atoms with Crippen LogP contribution in [0.15, 0.2) is 78.9 Å². The second kappa shape index (κ2) is 10.8. The average molecular weight is 348 g/mol. The van der Waals surface area contributed by atoms with Crippen LogP contribution in [0.2, 0.25) is 0 Å². The Bertz CT molecular complexity index is 737. The Labute approximate surface area is 156 Å². The van der Waals surface area contributed by atoms with E-state index in [4.69, 9.17) is 16.2 Å². The third-order valence-corrected chi connectivity index (χ3v) is 3.91. The second-order valence-electron chi connectivity index (χ2n) is 6.18. The highest BCUT2D eigenvalue weighted by Crippen LogP contribution is 2.21. The zero-order chi connectivity index (χ0) is 18.6. The molecule has 0 aromatic heterocycles. The van der Waals surface area contributed by atoms with E-state index in [2.05, 4.69) is 19.1 Å². The van der Waals surface area contributed by atoms with Gasteiger partial charge in [-0.05, 0) is 66.9 Å². The lowest BCUT2D eigenvalue weighted by Gasteiger charge is -2.04. The van der Waals surface area contributed by atoms with E-state index in [0.717, 1.165) is 22.9 Å². The number of unbranched alkanes of at least 4 members (excludes halogenated alkanes) is 2. The standard InChI is InChI=1S/C12H11NO.C11H17N/c13-10-6-8-12(9-7-10)14-11-4-2-1-3-5-11;1-2-3-4-5-10-6-8-11(12)9-7-10/h1-9H,13H2;6-9H,2-5,12H2,1H3. The first kappa shape index (κ1) is 19.4. The molecule has 0 spiro atoms. The first-order valence-electron chi connectivity index (χ1n) is 9.10. The zero-order valence-electron chi connectivity index (χ0n) is 15.4. The Balaban J connectivity index is 0.000000190. The first-order valence-corrected chi connectivity index (χ1v) is 9.10. The summed E-state index contributed by atoms with van der Waals surface area (Å²) >= 11 is 0. The Morgan fingerprint density at radius 3 is 1.77 bits per heavy atom. The van der Waals surface area contributed by atoms with Crippen LogP contribution in [-0.4, -0.2) is 0 Å². The van der Waals surface area contributed by atoms with Crippen LogP contribution >= 0.6 is 0 Å². The molecule has 0 aliphatic rings. The van der Waals surface area contributed by atoms with Crippen molar-refractivity contribution in [1.82, 2.24) is 0 Å². The highest BCUT2D eigenvalue weighted by atomic mass is 16.5. The molecule has 0 atom stereocenters. The van der Waals surface area contributed by atoms with Crippen LogP contribution in [0, 0.1) is 0 Å². The number of nitrogens with two attached hydrogens (primary N) is 2. The van der Waals surface area contributed by atoms with Gasteiger partial charge in [-0.1, -0.05) is 50.1 Å². The summed E-state index contributed by atoms with van der Waals surface area (Å²) in [4.78, 5) is 0. The van der Waals surface area contributed by atoms with Gasteiger partial charge in [0.05, 0.1) is 0 Å². The molecule has 0 unspecified atom stereocenters. The summed E-state index contributed by atoms with van der Waals surface area (Å²) in [6, 6.07) is 25.2. The zero-order valence-corrected chi connectivity index (χ0v) is 15.4. The monoisotopic (exact) mass is 348 g/mol. The number of rotatable bonds is 6. The van der Waals surface area contributed by atoms with Gasteiger partial charge in [0.2, 0.25) is 0 Å². The van der Waals surface area contributed by atoms with Gasteiger partial charge < -0.3 is 16.2 Å². The highest BCUT2D eigenvalue weighted by Gasteiger charge is 1.94. The summed E-state index contributed by atoms with van der Waals surface area (Å²) in [6.45, 7) is 2.23. The van der Waals surface area contributed by atoms with E-state index in [1.54, 1.807) is 0 Å². The summed E-state index contributed by atoms with van der Waals surface area (Å²) in [7, 11) is 0. The van der Waals surface area contributed by atoms with Crippen molar-refractivity contribution >= 4 is 11.4 Å². The number of benzene rings is 3. The van der Waals surface area contributed by atoms with Crippen molar-refractivity contribution in [2.75, 3.05) is 11.5 Å². The fraction of sp³-hybridized carbons (Fsp3) is 0.217. The van der Waals surface area contributed by atoms with Gasteiger partial charge in [-0.25, -0.2) is 0 Å². The molecule has 3 aromatic rings. The second-order valence-corrected chi connectivity index (χ2v) is 6.18. The number of para-hydroxylation sites is 1. The number of anilines is 2. The predicted molar refractivity (Wildman–Crippen MR) is 111 cm³/mol. The molecule has 0 saturated heterocycles. The van der Waals surface area contributed by atoms with E-state index >= 15 is 0 Å². The summed E-state index contributed by atoms with van der Waals surface area (Å²) in [5, 5.41) is 0.